The number of hydrogen-bond donors (Lipinski definition) is 2. The highest BCUT2D eigenvalue weighted by molar-refractivity contribution is 5.91. The van der Waals surface area contributed by atoms with Gasteiger partial charge in [0.2, 0.25) is 0 Å². The SMILES string of the molecule is CCCCNc1ccc(C(=O)OCCN(C)C)cc1.CCCOc1ccc(C(=O)OCCN(CC)CC)cc1N.Cl. The predicted molar refractivity (Wildman–Crippen MR) is 171 cm³/mol. The van der Waals surface area contributed by atoms with Crippen LogP contribution < -0.4 is 15.8 Å². The molecule has 0 bridgehead atoms. The highest BCUT2D eigenvalue weighted by Gasteiger charge is 2.11. The molecule has 0 aromatic heterocycles. The van der Waals surface area contributed by atoms with Gasteiger partial charge in [0.25, 0.3) is 0 Å². The molecule has 0 saturated heterocycles. The Balaban J connectivity index is 0.000000765. The van der Waals surface area contributed by atoms with Crippen molar-refractivity contribution in [3.8, 4) is 5.75 Å². The molecule has 41 heavy (non-hydrogen) atoms. The molecule has 0 saturated carbocycles. The van der Waals surface area contributed by atoms with E-state index < -0.39 is 0 Å². The Kier molecular flexibility index (Phi) is 21.0. The van der Waals surface area contributed by atoms with Gasteiger partial charge in [-0.15, -0.1) is 12.4 Å². The summed E-state index contributed by atoms with van der Waals surface area (Å²) in [5.74, 6) is -0.00519. The summed E-state index contributed by atoms with van der Waals surface area (Å²) in [6.45, 7) is 14.1. The Labute approximate surface area is 253 Å². The molecule has 0 unspecified atom stereocenters. The number of halogens is 1. The number of nitrogens with zero attached hydrogens (tertiary/aromatic N) is 2. The van der Waals surface area contributed by atoms with E-state index in [1.807, 2.05) is 38.1 Å². The minimum Gasteiger partial charge on any atom is -0.491 e. The highest BCUT2D eigenvalue weighted by atomic mass is 35.5. The number of unbranched alkanes of at least 4 members (excludes halogenated alkanes) is 1. The number of likely N-dealkylation sites (N-methyl/N-ethyl adjacent to an activating group) is 2. The van der Waals surface area contributed by atoms with E-state index in [0.717, 1.165) is 51.3 Å². The quantitative estimate of drug-likeness (QED) is 0.138. The second-order valence-electron chi connectivity index (χ2n) is 9.56. The molecule has 2 aromatic rings. The number of ether oxygens (including phenoxy) is 3. The maximum Gasteiger partial charge on any atom is 0.338 e. The molecule has 0 fully saturated rings. The summed E-state index contributed by atoms with van der Waals surface area (Å²) < 4.78 is 15.9. The molecule has 0 amide bonds. The van der Waals surface area contributed by atoms with Crippen LogP contribution in [0.5, 0.6) is 5.75 Å². The number of carbonyl (C=O) groups excluding carboxylic acids is 2. The van der Waals surface area contributed by atoms with E-state index in [1.54, 1.807) is 30.3 Å². The minimum absolute atomic E-state index is 0. The summed E-state index contributed by atoms with van der Waals surface area (Å²) in [7, 11) is 3.90. The van der Waals surface area contributed by atoms with E-state index in [4.69, 9.17) is 19.9 Å². The number of benzene rings is 2. The van der Waals surface area contributed by atoms with Crippen LogP contribution in [0.1, 0.15) is 67.7 Å². The number of nitrogens with two attached hydrogens (primary N) is 1. The standard InChI is InChI=1S/C16H26N2O3.C15H24N2O2.ClH/c1-4-10-20-15-8-7-13(12-14(15)17)16(19)21-11-9-18(5-2)6-3;1-4-5-10-16-14-8-6-13(7-9-14)15(18)19-12-11-17(2)3;/h7-8,12H,4-6,9-11,17H2,1-3H3;6-9,16H,4-5,10-12H2,1-3H3;1H. The first-order valence-corrected chi connectivity index (χ1v) is 14.3. The first kappa shape index (κ1) is 38.0. The fraction of sp³-hybridized carbons (Fsp3) is 0.548. The fourth-order valence-corrected chi connectivity index (χ4v) is 3.45. The number of rotatable bonds is 17. The lowest BCUT2D eigenvalue weighted by atomic mass is 10.2. The Bertz CT molecular complexity index is 985. The van der Waals surface area contributed by atoms with Crippen LogP contribution in [0.25, 0.3) is 0 Å². The number of nitrogens with one attached hydrogen (secondary N) is 1. The molecule has 0 spiro atoms. The van der Waals surface area contributed by atoms with Gasteiger partial charge in [0.15, 0.2) is 0 Å². The lowest BCUT2D eigenvalue weighted by Crippen LogP contribution is -2.27. The van der Waals surface area contributed by atoms with Crippen LogP contribution in [0, 0.1) is 0 Å². The third-order valence-corrected chi connectivity index (χ3v) is 5.99. The monoisotopic (exact) mass is 594 g/mol. The van der Waals surface area contributed by atoms with Crippen molar-refractivity contribution in [3.63, 3.8) is 0 Å². The largest absolute Gasteiger partial charge is 0.491 e. The molecular weight excluding hydrogens is 544 g/mol. The Morgan fingerprint density at radius 2 is 1.39 bits per heavy atom. The van der Waals surface area contributed by atoms with Crippen molar-refractivity contribution in [3.05, 3.63) is 53.6 Å². The van der Waals surface area contributed by atoms with Gasteiger partial charge in [0, 0.05) is 25.3 Å². The van der Waals surface area contributed by atoms with Crippen LogP contribution in [0.2, 0.25) is 0 Å². The van der Waals surface area contributed by atoms with Crippen molar-refractivity contribution in [2.45, 2.75) is 47.0 Å². The van der Waals surface area contributed by atoms with Crippen LogP contribution in [-0.4, -0.2) is 88.4 Å². The number of esters is 2. The highest BCUT2D eigenvalue weighted by Crippen LogP contribution is 2.23. The number of nitrogen functional groups attached to an aromatic ring is 1. The van der Waals surface area contributed by atoms with Gasteiger partial charge in [-0.3, -0.25) is 0 Å². The minimum atomic E-state index is -0.351. The third-order valence-electron chi connectivity index (χ3n) is 5.99. The maximum absolute atomic E-state index is 11.9. The molecule has 0 aliphatic carbocycles. The molecule has 232 valence electrons. The molecule has 9 nitrogen and oxygen atoms in total. The zero-order valence-corrected chi connectivity index (χ0v) is 26.6. The van der Waals surface area contributed by atoms with E-state index in [9.17, 15) is 9.59 Å². The van der Waals surface area contributed by atoms with Gasteiger partial charge < -0.3 is 35.1 Å². The molecular formula is C31H51ClN4O5. The van der Waals surface area contributed by atoms with Gasteiger partial charge in [0.1, 0.15) is 19.0 Å². The molecule has 0 aliphatic rings. The van der Waals surface area contributed by atoms with Crippen LogP contribution in [0.3, 0.4) is 0 Å². The normalized spacial score (nSPS) is 10.3. The van der Waals surface area contributed by atoms with Crippen LogP contribution >= 0.6 is 12.4 Å². The molecule has 0 aliphatic heterocycles. The summed E-state index contributed by atoms with van der Waals surface area (Å²) in [6.07, 6.45) is 3.23. The average molecular weight is 595 g/mol. The van der Waals surface area contributed by atoms with E-state index in [2.05, 4.69) is 31.0 Å². The second kappa shape index (κ2) is 22.7. The van der Waals surface area contributed by atoms with Crippen molar-refractivity contribution in [1.82, 2.24) is 9.80 Å². The topological polar surface area (TPSA) is 106 Å². The van der Waals surface area contributed by atoms with Gasteiger partial charge in [-0.2, -0.15) is 0 Å². The van der Waals surface area contributed by atoms with Gasteiger partial charge in [0.05, 0.1) is 23.4 Å². The lowest BCUT2D eigenvalue weighted by Gasteiger charge is -2.17. The van der Waals surface area contributed by atoms with Gasteiger partial charge in [-0.25, -0.2) is 9.59 Å². The molecule has 0 atom stereocenters. The Morgan fingerprint density at radius 1 is 0.805 bits per heavy atom. The fourth-order valence-electron chi connectivity index (χ4n) is 3.45. The van der Waals surface area contributed by atoms with E-state index >= 15 is 0 Å². The number of anilines is 2. The van der Waals surface area contributed by atoms with Crippen molar-refractivity contribution in [1.29, 1.82) is 0 Å². The molecule has 0 radical (unpaired) electrons. The van der Waals surface area contributed by atoms with Gasteiger partial charge in [-0.1, -0.05) is 34.1 Å². The molecule has 10 heteroatoms. The van der Waals surface area contributed by atoms with Crippen LogP contribution in [-0.2, 0) is 9.47 Å². The molecule has 3 N–H and O–H groups in total. The van der Waals surface area contributed by atoms with Crippen LogP contribution in [0.4, 0.5) is 11.4 Å². The zero-order chi connectivity index (χ0) is 29.8. The second-order valence-corrected chi connectivity index (χ2v) is 9.56. The van der Waals surface area contributed by atoms with Crippen molar-refractivity contribution in [2.24, 2.45) is 0 Å². The summed E-state index contributed by atoms with van der Waals surface area (Å²) >= 11 is 0. The van der Waals surface area contributed by atoms with Gasteiger partial charge in [-0.05, 0) is 82.5 Å². The average Bonchev–Trinajstić information content (AvgIpc) is 2.95. The summed E-state index contributed by atoms with van der Waals surface area (Å²) in [6, 6.07) is 12.4. The number of hydrogen-bond acceptors (Lipinski definition) is 9. The summed E-state index contributed by atoms with van der Waals surface area (Å²) in [4.78, 5) is 27.9. The Hall–Kier alpha value is -3.01. The van der Waals surface area contributed by atoms with E-state index in [-0.39, 0.29) is 24.3 Å². The predicted octanol–water partition coefficient (Wildman–Crippen LogP) is 5.60. The third kappa shape index (κ3) is 16.1. The number of carbonyl (C=O) groups is 2. The summed E-state index contributed by atoms with van der Waals surface area (Å²) in [5, 5.41) is 3.31. The maximum atomic E-state index is 11.9. The first-order chi connectivity index (χ1) is 19.2. The smallest absolute Gasteiger partial charge is 0.338 e. The Morgan fingerprint density at radius 3 is 1.93 bits per heavy atom. The molecule has 0 heterocycles. The first-order valence-electron chi connectivity index (χ1n) is 14.3. The van der Waals surface area contributed by atoms with E-state index in [1.165, 1.54) is 6.42 Å². The summed E-state index contributed by atoms with van der Waals surface area (Å²) in [5.41, 5.74) is 8.43. The van der Waals surface area contributed by atoms with Gasteiger partial charge >= 0.3 is 11.9 Å². The van der Waals surface area contributed by atoms with Crippen molar-refractivity contribution >= 4 is 35.7 Å². The van der Waals surface area contributed by atoms with Crippen molar-refractivity contribution in [2.75, 3.05) is 77.7 Å². The van der Waals surface area contributed by atoms with Crippen LogP contribution in [0.15, 0.2) is 42.5 Å². The molecule has 2 aromatic carbocycles. The zero-order valence-electron chi connectivity index (χ0n) is 25.7. The lowest BCUT2D eigenvalue weighted by molar-refractivity contribution is 0.0462. The van der Waals surface area contributed by atoms with E-state index in [0.29, 0.717) is 42.4 Å². The molecule has 2 rings (SSSR count). The van der Waals surface area contributed by atoms with Crippen molar-refractivity contribution < 1.29 is 23.8 Å².